The Bertz CT molecular complexity index is 909. The molecule has 0 aromatic heterocycles. The third-order valence-corrected chi connectivity index (χ3v) is 5.45. The number of azide groups is 1. The van der Waals surface area contributed by atoms with Crippen molar-refractivity contribution in [1.29, 1.82) is 0 Å². The average molecular weight is 470 g/mol. The van der Waals surface area contributed by atoms with E-state index in [9.17, 15) is 10.6 Å². The molecule has 0 bridgehead atoms. The first kappa shape index (κ1) is 25.9. The fourth-order valence-corrected chi connectivity index (χ4v) is 3.82. The smallest absolute Gasteiger partial charge is 0.168 e. The maximum atomic E-state index is 10.9. The Morgan fingerprint density at radius 1 is 1.06 bits per heavy atom. The number of benzene rings is 2. The zero-order valence-electron chi connectivity index (χ0n) is 19.2. The van der Waals surface area contributed by atoms with Crippen LogP contribution in [0.1, 0.15) is 11.1 Å². The molecule has 6 atom stereocenters. The minimum Gasteiger partial charge on any atom is -0.388 e. The van der Waals surface area contributed by atoms with Gasteiger partial charge in [0.1, 0.15) is 30.5 Å². The summed E-state index contributed by atoms with van der Waals surface area (Å²) >= 11 is 0. The fourth-order valence-electron chi connectivity index (χ4n) is 3.82. The normalized spacial score (nSPS) is 25.3. The Morgan fingerprint density at radius 2 is 1.65 bits per heavy atom. The van der Waals surface area contributed by atoms with Gasteiger partial charge in [-0.3, -0.25) is 0 Å². The van der Waals surface area contributed by atoms with E-state index >= 15 is 0 Å². The second kappa shape index (κ2) is 13.8. The molecule has 182 valence electrons. The van der Waals surface area contributed by atoms with Crippen molar-refractivity contribution in [2.24, 2.45) is 5.11 Å². The summed E-state index contributed by atoms with van der Waals surface area (Å²) in [6.07, 6.45) is -2.77. The highest BCUT2D eigenvalue weighted by Gasteiger charge is 2.50. The molecule has 2 aromatic carbocycles. The van der Waals surface area contributed by atoms with E-state index < -0.39 is 36.7 Å². The van der Waals surface area contributed by atoms with E-state index in [1.54, 1.807) is 6.08 Å². The van der Waals surface area contributed by atoms with Gasteiger partial charge in [0.2, 0.25) is 0 Å². The third-order valence-electron chi connectivity index (χ3n) is 5.45. The molecule has 3 rings (SSSR count). The lowest BCUT2D eigenvalue weighted by molar-refractivity contribution is -0.291. The SMILES string of the molecule is C=CCOC[C@H](O)[C@H]1O[C@H](OC)[C@@H](N=[N+]=[N-])[C@@H](OCc2ccccc2)[C@@H]1OCc1ccccc1. The van der Waals surface area contributed by atoms with Crippen molar-refractivity contribution in [3.05, 3.63) is 94.9 Å². The summed E-state index contributed by atoms with van der Waals surface area (Å²) in [5, 5.41) is 14.8. The molecule has 1 aliphatic rings. The molecule has 1 saturated heterocycles. The molecular formula is C25H31N3O6. The first-order valence-corrected chi connectivity index (χ1v) is 11.1. The van der Waals surface area contributed by atoms with Crippen LogP contribution in [-0.4, -0.2) is 62.2 Å². The second-order valence-corrected chi connectivity index (χ2v) is 7.82. The Hall–Kier alpha value is -2.75. The topological polar surface area (TPSA) is 115 Å². The molecule has 0 spiro atoms. The molecule has 9 nitrogen and oxygen atoms in total. The molecule has 9 heteroatoms. The van der Waals surface area contributed by atoms with Crippen LogP contribution in [0, 0.1) is 0 Å². The number of hydrogen-bond donors (Lipinski definition) is 1. The quantitative estimate of drug-likeness (QED) is 0.157. The van der Waals surface area contributed by atoms with Crippen LogP contribution in [0.15, 0.2) is 78.4 Å². The van der Waals surface area contributed by atoms with Gasteiger partial charge in [0.15, 0.2) is 6.29 Å². The molecule has 34 heavy (non-hydrogen) atoms. The summed E-state index contributed by atoms with van der Waals surface area (Å²) in [6, 6.07) is 18.4. The van der Waals surface area contributed by atoms with Gasteiger partial charge in [-0.2, -0.15) is 0 Å². The largest absolute Gasteiger partial charge is 0.388 e. The zero-order chi connectivity index (χ0) is 24.2. The molecular weight excluding hydrogens is 438 g/mol. The van der Waals surface area contributed by atoms with Crippen molar-refractivity contribution in [2.45, 2.75) is 50.0 Å². The van der Waals surface area contributed by atoms with Crippen molar-refractivity contribution in [3.63, 3.8) is 0 Å². The maximum Gasteiger partial charge on any atom is 0.168 e. The van der Waals surface area contributed by atoms with E-state index in [2.05, 4.69) is 16.6 Å². The number of aliphatic hydroxyl groups excluding tert-OH is 1. The molecule has 1 fully saturated rings. The zero-order valence-corrected chi connectivity index (χ0v) is 19.2. The van der Waals surface area contributed by atoms with Gasteiger partial charge in [0, 0.05) is 12.0 Å². The number of nitrogens with zero attached hydrogens (tertiary/aromatic N) is 3. The van der Waals surface area contributed by atoms with Crippen LogP contribution < -0.4 is 0 Å². The van der Waals surface area contributed by atoms with E-state index in [0.29, 0.717) is 0 Å². The summed E-state index contributed by atoms with van der Waals surface area (Å²) in [7, 11) is 1.45. The first-order valence-electron chi connectivity index (χ1n) is 11.1. The van der Waals surface area contributed by atoms with Crippen molar-refractivity contribution in [3.8, 4) is 0 Å². The van der Waals surface area contributed by atoms with E-state index in [0.717, 1.165) is 11.1 Å². The van der Waals surface area contributed by atoms with Crippen molar-refractivity contribution in [1.82, 2.24) is 0 Å². The summed E-state index contributed by atoms with van der Waals surface area (Å²) in [5.41, 5.74) is 11.1. The lowest BCUT2D eigenvalue weighted by Crippen LogP contribution is -2.62. The lowest BCUT2D eigenvalue weighted by atomic mass is 9.93. The molecule has 0 saturated carbocycles. The molecule has 1 aliphatic heterocycles. The summed E-state index contributed by atoms with van der Waals surface area (Å²) in [6.45, 7) is 4.39. The van der Waals surface area contributed by atoms with Crippen LogP contribution in [0.25, 0.3) is 10.4 Å². The van der Waals surface area contributed by atoms with Gasteiger partial charge in [-0.05, 0) is 16.7 Å². The predicted octanol–water partition coefficient (Wildman–Crippen LogP) is 3.77. The fraction of sp³-hybridized carbons (Fsp3) is 0.440. The number of hydrogen-bond acceptors (Lipinski definition) is 7. The predicted molar refractivity (Wildman–Crippen MR) is 126 cm³/mol. The van der Waals surface area contributed by atoms with E-state index in [1.165, 1.54) is 7.11 Å². The summed E-state index contributed by atoms with van der Waals surface area (Å²) in [5.74, 6) is 0. The standard InChI is InChI=1S/C25H31N3O6/c1-3-14-31-17-20(29)22-24(33-16-19-12-8-5-9-13-19)23(21(27-28-26)25(30-2)34-22)32-15-18-10-6-4-7-11-18/h3-13,20-25,29H,1,14-17H2,2H3/t20-,21-,22+,23+,24+,25-/m0/s1. The molecule has 0 aliphatic carbocycles. The number of rotatable bonds is 13. The van der Waals surface area contributed by atoms with Crippen molar-refractivity contribution < 1.29 is 28.8 Å². The van der Waals surface area contributed by atoms with Gasteiger partial charge in [0.05, 0.1) is 26.4 Å². The minimum absolute atomic E-state index is 0.00406. The van der Waals surface area contributed by atoms with Gasteiger partial charge in [0.25, 0.3) is 0 Å². The van der Waals surface area contributed by atoms with Crippen LogP contribution in [0.3, 0.4) is 0 Å². The molecule has 0 unspecified atom stereocenters. The molecule has 1 heterocycles. The monoisotopic (exact) mass is 469 g/mol. The Balaban J connectivity index is 1.88. The maximum absolute atomic E-state index is 10.9. The number of ether oxygens (including phenoxy) is 5. The lowest BCUT2D eigenvalue weighted by Gasteiger charge is -2.45. The highest BCUT2D eigenvalue weighted by Crippen LogP contribution is 2.32. The van der Waals surface area contributed by atoms with Crippen molar-refractivity contribution in [2.75, 3.05) is 20.3 Å². The van der Waals surface area contributed by atoms with Crippen LogP contribution in [0.2, 0.25) is 0 Å². The summed E-state index contributed by atoms with van der Waals surface area (Å²) < 4.78 is 29.5. The van der Waals surface area contributed by atoms with Gasteiger partial charge in [-0.25, -0.2) is 0 Å². The third kappa shape index (κ3) is 7.12. The van der Waals surface area contributed by atoms with E-state index in [4.69, 9.17) is 23.7 Å². The van der Waals surface area contributed by atoms with Gasteiger partial charge in [-0.15, -0.1) is 6.58 Å². The van der Waals surface area contributed by atoms with E-state index in [-0.39, 0.29) is 26.4 Å². The molecule has 0 radical (unpaired) electrons. The highest BCUT2D eigenvalue weighted by molar-refractivity contribution is 5.15. The molecule has 0 amide bonds. The van der Waals surface area contributed by atoms with Crippen LogP contribution in [0.4, 0.5) is 0 Å². The first-order chi connectivity index (χ1) is 16.7. The number of methoxy groups -OCH3 is 1. The Labute approximate surface area is 199 Å². The highest BCUT2D eigenvalue weighted by atomic mass is 16.7. The molecule has 2 aromatic rings. The summed E-state index contributed by atoms with van der Waals surface area (Å²) in [4.78, 5) is 2.98. The number of aliphatic hydroxyl groups is 1. The minimum atomic E-state index is -1.05. The Kier molecular flexibility index (Phi) is 10.5. The second-order valence-electron chi connectivity index (χ2n) is 7.82. The van der Waals surface area contributed by atoms with Gasteiger partial charge in [-0.1, -0.05) is 71.9 Å². The van der Waals surface area contributed by atoms with Crippen LogP contribution >= 0.6 is 0 Å². The molecule has 1 N–H and O–H groups in total. The van der Waals surface area contributed by atoms with E-state index in [1.807, 2.05) is 60.7 Å². The Morgan fingerprint density at radius 3 is 2.18 bits per heavy atom. The van der Waals surface area contributed by atoms with Crippen LogP contribution in [0.5, 0.6) is 0 Å². The van der Waals surface area contributed by atoms with Crippen LogP contribution in [-0.2, 0) is 36.9 Å². The van der Waals surface area contributed by atoms with Gasteiger partial charge >= 0.3 is 0 Å². The van der Waals surface area contributed by atoms with Crippen molar-refractivity contribution >= 4 is 0 Å². The van der Waals surface area contributed by atoms with Gasteiger partial charge < -0.3 is 28.8 Å². The average Bonchev–Trinajstić information content (AvgIpc) is 2.88.